The first-order chi connectivity index (χ1) is 13.1. The Bertz CT molecular complexity index is 963. The molecule has 1 saturated heterocycles. The van der Waals surface area contributed by atoms with Crippen molar-refractivity contribution in [3.8, 4) is 0 Å². The number of aromatic nitrogens is 4. The van der Waals surface area contributed by atoms with E-state index in [2.05, 4.69) is 20.3 Å². The van der Waals surface area contributed by atoms with Crippen LogP contribution >= 0.6 is 0 Å². The van der Waals surface area contributed by atoms with Crippen LogP contribution in [0.25, 0.3) is 11.2 Å². The average Bonchev–Trinajstić information content (AvgIpc) is 3.25. The number of anilines is 1. The summed E-state index contributed by atoms with van der Waals surface area (Å²) in [4.78, 5) is 25.0. The number of nitrogens with two attached hydrogens (primary N) is 1. The number of hydrogen-bond acceptors (Lipinski definition) is 6. The number of rotatable bonds is 4. The maximum Gasteiger partial charge on any atom is 0.256 e. The molecular weight excluding hydrogens is 351 g/mol. The van der Waals surface area contributed by atoms with Crippen molar-refractivity contribution in [1.29, 1.82) is 0 Å². The summed E-state index contributed by atoms with van der Waals surface area (Å²) in [5.41, 5.74) is 6.89. The van der Waals surface area contributed by atoms with Crippen molar-refractivity contribution in [2.24, 2.45) is 11.7 Å². The summed E-state index contributed by atoms with van der Waals surface area (Å²) < 4.78 is 22.0. The van der Waals surface area contributed by atoms with Crippen LogP contribution in [0.5, 0.6) is 0 Å². The molecule has 0 aliphatic carbocycles. The molecule has 0 unspecified atom stereocenters. The van der Waals surface area contributed by atoms with Gasteiger partial charge in [0, 0.05) is 18.0 Å². The number of carbonyl (C=O) groups is 1. The molecule has 3 heterocycles. The summed E-state index contributed by atoms with van der Waals surface area (Å²) in [7, 11) is 0. The second kappa shape index (κ2) is 7.01. The zero-order valence-electron chi connectivity index (χ0n) is 14.6. The molecule has 1 aromatic carbocycles. The fraction of sp³-hybridized carbons (Fsp3) is 0.333. The third kappa shape index (κ3) is 3.04. The van der Waals surface area contributed by atoms with Gasteiger partial charge >= 0.3 is 0 Å². The van der Waals surface area contributed by atoms with Gasteiger partial charge in [-0.1, -0.05) is 25.1 Å². The summed E-state index contributed by atoms with van der Waals surface area (Å²) in [5.74, 6) is -0.400. The molecule has 3 aromatic rings. The van der Waals surface area contributed by atoms with Gasteiger partial charge in [0.2, 0.25) is 0 Å². The van der Waals surface area contributed by atoms with Crippen molar-refractivity contribution in [3.05, 3.63) is 48.5 Å². The van der Waals surface area contributed by atoms with E-state index in [1.54, 1.807) is 31.2 Å². The van der Waals surface area contributed by atoms with Crippen LogP contribution in [0.3, 0.4) is 0 Å². The van der Waals surface area contributed by atoms with Gasteiger partial charge in [0.15, 0.2) is 29.4 Å². The molecule has 4 rings (SSSR count). The number of imidazole rings is 1. The second-order valence-electron chi connectivity index (χ2n) is 6.47. The fourth-order valence-electron chi connectivity index (χ4n) is 3.23. The molecule has 140 valence electrons. The minimum Gasteiger partial charge on any atom is -0.350 e. The standard InChI is InChI=1S/C18H19FN6O2/c1-10-12(7-20)27-18(13(10)19)25-9-23-14-15(21-8-22-16(14)25)24-17(26)11-5-3-2-4-6-11/h2-6,8-10,12-13,18H,7,20H2,1H3,(H,21,22,24,26)/t10-,12-,13-,18-/m1/s1. The largest absolute Gasteiger partial charge is 0.350 e. The number of halogens is 1. The van der Waals surface area contributed by atoms with Crippen molar-refractivity contribution in [2.75, 3.05) is 11.9 Å². The Morgan fingerprint density at radius 1 is 1.30 bits per heavy atom. The van der Waals surface area contributed by atoms with E-state index in [9.17, 15) is 9.18 Å². The second-order valence-corrected chi connectivity index (χ2v) is 6.47. The maximum absolute atomic E-state index is 14.7. The van der Waals surface area contributed by atoms with Crippen LogP contribution < -0.4 is 11.1 Å². The molecule has 1 amide bonds. The molecule has 0 spiro atoms. The molecule has 0 bridgehead atoms. The van der Waals surface area contributed by atoms with Crippen LogP contribution in [0.2, 0.25) is 0 Å². The molecule has 27 heavy (non-hydrogen) atoms. The number of hydrogen-bond donors (Lipinski definition) is 2. The molecule has 2 aromatic heterocycles. The Hall–Kier alpha value is -2.91. The van der Waals surface area contributed by atoms with Crippen LogP contribution in [-0.2, 0) is 4.74 Å². The molecule has 1 fully saturated rings. The van der Waals surface area contributed by atoms with Crippen molar-refractivity contribution in [2.45, 2.75) is 25.4 Å². The van der Waals surface area contributed by atoms with E-state index in [4.69, 9.17) is 10.5 Å². The zero-order valence-corrected chi connectivity index (χ0v) is 14.6. The third-order valence-corrected chi connectivity index (χ3v) is 4.81. The van der Waals surface area contributed by atoms with Crippen molar-refractivity contribution in [1.82, 2.24) is 19.5 Å². The summed E-state index contributed by atoms with van der Waals surface area (Å²) in [5, 5.41) is 2.72. The van der Waals surface area contributed by atoms with Gasteiger partial charge in [-0.3, -0.25) is 9.36 Å². The van der Waals surface area contributed by atoms with Crippen molar-refractivity contribution in [3.63, 3.8) is 0 Å². The lowest BCUT2D eigenvalue weighted by Gasteiger charge is -2.15. The Kier molecular flexibility index (Phi) is 4.54. The topological polar surface area (TPSA) is 108 Å². The van der Waals surface area contributed by atoms with E-state index in [0.29, 0.717) is 16.7 Å². The van der Waals surface area contributed by atoms with Crippen LogP contribution in [0.1, 0.15) is 23.5 Å². The van der Waals surface area contributed by atoms with E-state index < -0.39 is 12.4 Å². The number of benzene rings is 1. The molecule has 0 saturated carbocycles. The minimum atomic E-state index is -1.24. The first-order valence-corrected chi connectivity index (χ1v) is 8.63. The summed E-state index contributed by atoms with van der Waals surface area (Å²) >= 11 is 0. The highest BCUT2D eigenvalue weighted by atomic mass is 19.1. The molecule has 9 heteroatoms. The van der Waals surface area contributed by atoms with Gasteiger partial charge in [-0.2, -0.15) is 0 Å². The monoisotopic (exact) mass is 370 g/mol. The number of amides is 1. The highest BCUT2D eigenvalue weighted by Gasteiger charge is 2.43. The number of nitrogens with zero attached hydrogens (tertiary/aromatic N) is 4. The summed E-state index contributed by atoms with van der Waals surface area (Å²) in [6, 6.07) is 8.76. The predicted octanol–water partition coefficient (Wildman–Crippen LogP) is 1.91. The Balaban J connectivity index is 1.65. The Morgan fingerprint density at radius 3 is 2.78 bits per heavy atom. The third-order valence-electron chi connectivity index (χ3n) is 4.81. The van der Waals surface area contributed by atoms with E-state index in [1.807, 2.05) is 6.07 Å². The molecule has 1 aliphatic heterocycles. The van der Waals surface area contributed by atoms with E-state index in [1.165, 1.54) is 17.2 Å². The minimum absolute atomic E-state index is 0.234. The van der Waals surface area contributed by atoms with Gasteiger partial charge in [0.25, 0.3) is 5.91 Å². The summed E-state index contributed by atoms with van der Waals surface area (Å²) in [6.07, 6.45) is 0.258. The highest BCUT2D eigenvalue weighted by Crippen LogP contribution is 2.37. The van der Waals surface area contributed by atoms with Gasteiger partial charge < -0.3 is 15.8 Å². The predicted molar refractivity (Wildman–Crippen MR) is 96.7 cm³/mol. The fourth-order valence-corrected chi connectivity index (χ4v) is 3.23. The lowest BCUT2D eigenvalue weighted by atomic mass is 10.0. The van der Waals surface area contributed by atoms with Crippen LogP contribution in [0.4, 0.5) is 10.2 Å². The molecular formula is C18H19FN6O2. The van der Waals surface area contributed by atoms with E-state index in [0.717, 1.165) is 0 Å². The first-order valence-electron chi connectivity index (χ1n) is 8.63. The van der Waals surface area contributed by atoms with Crippen LogP contribution in [-0.4, -0.2) is 44.2 Å². The van der Waals surface area contributed by atoms with Gasteiger partial charge in [0.1, 0.15) is 6.33 Å². The smallest absolute Gasteiger partial charge is 0.256 e. The average molecular weight is 370 g/mol. The molecule has 1 aliphatic rings. The van der Waals surface area contributed by atoms with Crippen LogP contribution in [0, 0.1) is 5.92 Å². The zero-order chi connectivity index (χ0) is 19.0. The molecule has 3 N–H and O–H groups in total. The lowest BCUT2D eigenvalue weighted by molar-refractivity contribution is -0.0138. The number of carbonyl (C=O) groups excluding carboxylic acids is 1. The normalized spacial score (nSPS) is 25.0. The molecule has 0 radical (unpaired) electrons. The van der Waals surface area contributed by atoms with Gasteiger partial charge in [0.05, 0.1) is 12.4 Å². The lowest BCUT2D eigenvalue weighted by Crippen LogP contribution is -2.26. The SMILES string of the molecule is C[C@H]1[C@@H](F)[C@H](n2cnc3c(NC(=O)c4ccccc4)ncnc32)O[C@@H]1CN. The Labute approximate surface area is 154 Å². The Morgan fingerprint density at radius 2 is 2.07 bits per heavy atom. The van der Waals surface area contributed by atoms with Crippen LogP contribution in [0.15, 0.2) is 43.0 Å². The highest BCUT2D eigenvalue weighted by molar-refractivity contribution is 6.06. The van der Waals surface area contributed by atoms with Gasteiger partial charge in [-0.25, -0.2) is 19.3 Å². The quantitative estimate of drug-likeness (QED) is 0.726. The van der Waals surface area contributed by atoms with Gasteiger partial charge in [-0.15, -0.1) is 0 Å². The summed E-state index contributed by atoms with van der Waals surface area (Å²) in [6.45, 7) is 2.00. The molecule has 8 nitrogen and oxygen atoms in total. The maximum atomic E-state index is 14.7. The van der Waals surface area contributed by atoms with E-state index >= 15 is 0 Å². The van der Waals surface area contributed by atoms with Gasteiger partial charge in [-0.05, 0) is 12.1 Å². The van der Waals surface area contributed by atoms with Crippen molar-refractivity contribution < 1.29 is 13.9 Å². The number of alkyl halides is 1. The first kappa shape index (κ1) is 17.5. The number of fused-ring (bicyclic) bond motifs is 1. The number of nitrogens with one attached hydrogen (secondary N) is 1. The van der Waals surface area contributed by atoms with Crippen molar-refractivity contribution >= 4 is 22.9 Å². The molecule has 4 atom stereocenters. The van der Waals surface area contributed by atoms with E-state index in [-0.39, 0.29) is 30.3 Å². The number of ether oxygens (including phenoxy) is 1.